The molecule has 0 aromatic heterocycles. The van der Waals surface area contributed by atoms with Crippen LogP contribution in [0.15, 0.2) is 48.6 Å². The fourth-order valence-corrected chi connectivity index (χ4v) is 6.71. The van der Waals surface area contributed by atoms with Crippen LogP contribution in [-0.4, -0.2) is 87.5 Å². The summed E-state index contributed by atoms with van der Waals surface area (Å²) in [5, 5.41) is 54.1. The number of carbonyl (C=O) groups excluding carboxylic acids is 1. The standard InChI is InChI=1S/C46H83NO8/c1-3-5-7-9-11-13-15-17-19-21-23-25-27-29-31-33-35-40(49)39(38-54-46-45(53)44(52)43(51)41(37-48)55-46)47-42(50)36-34-32-30-28-26-24-22-20-18-16-14-12-10-8-6-4-2/h17,19-20,22,25,27,33,35,39-41,43-46,48-49,51-53H,3-16,18,21,23-24,26,28-32,34,36-38H2,1-2H3,(H,47,50)/b19-17+,22-20-,27-25+,35-33+. The third-order valence-electron chi connectivity index (χ3n) is 10.4. The van der Waals surface area contributed by atoms with Gasteiger partial charge in [0.25, 0.3) is 0 Å². The normalized spacial score (nSPS) is 21.8. The van der Waals surface area contributed by atoms with E-state index in [0.717, 1.165) is 70.6 Å². The average molecular weight is 778 g/mol. The smallest absolute Gasteiger partial charge is 0.220 e. The van der Waals surface area contributed by atoms with E-state index < -0.39 is 49.5 Å². The van der Waals surface area contributed by atoms with Crippen LogP contribution in [0.2, 0.25) is 0 Å². The Hall–Kier alpha value is -1.85. The second-order valence-electron chi connectivity index (χ2n) is 15.5. The molecule has 1 aliphatic rings. The Labute approximate surface area is 335 Å². The molecule has 7 unspecified atom stereocenters. The van der Waals surface area contributed by atoms with E-state index in [1.54, 1.807) is 6.08 Å². The Morgan fingerprint density at radius 2 is 1.04 bits per heavy atom. The van der Waals surface area contributed by atoms with Crippen molar-refractivity contribution in [2.24, 2.45) is 0 Å². The molecule has 0 aromatic rings. The average Bonchev–Trinajstić information content (AvgIpc) is 3.18. The number of ether oxygens (including phenoxy) is 2. The van der Waals surface area contributed by atoms with E-state index in [0.29, 0.717) is 6.42 Å². The fourth-order valence-electron chi connectivity index (χ4n) is 6.71. The number of carbonyl (C=O) groups is 1. The zero-order chi connectivity index (χ0) is 40.2. The van der Waals surface area contributed by atoms with Crippen LogP contribution in [0, 0.1) is 0 Å². The first kappa shape index (κ1) is 51.2. The summed E-state index contributed by atoms with van der Waals surface area (Å²) in [6.45, 7) is 3.72. The summed E-state index contributed by atoms with van der Waals surface area (Å²) in [4.78, 5) is 12.9. The zero-order valence-electron chi connectivity index (χ0n) is 34.9. The highest BCUT2D eigenvalue weighted by molar-refractivity contribution is 5.76. The molecular formula is C46H83NO8. The van der Waals surface area contributed by atoms with E-state index in [-0.39, 0.29) is 12.5 Å². The van der Waals surface area contributed by atoms with Gasteiger partial charge in [-0.3, -0.25) is 4.79 Å². The Morgan fingerprint density at radius 3 is 1.53 bits per heavy atom. The Bertz CT molecular complexity index is 998. The monoisotopic (exact) mass is 778 g/mol. The molecule has 320 valence electrons. The summed E-state index contributed by atoms with van der Waals surface area (Å²) in [5.74, 6) is -0.202. The first-order valence-corrected chi connectivity index (χ1v) is 22.4. The minimum Gasteiger partial charge on any atom is -0.394 e. The van der Waals surface area contributed by atoms with Crippen molar-refractivity contribution in [2.75, 3.05) is 13.2 Å². The van der Waals surface area contributed by atoms with Crippen LogP contribution in [0.4, 0.5) is 0 Å². The minimum atomic E-state index is -1.58. The van der Waals surface area contributed by atoms with E-state index in [1.807, 2.05) is 6.08 Å². The first-order chi connectivity index (χ1) is 26.8. The predicted molar refractivity (Wildman–Crippen MR) is 226 cm³/mol. The van der Waals surface area contributed by atoms with Gasteiger partial charge in [0.1, 0.15) is 24.4 Å². The van der Waals surface area contributed by atoms with Crippen LogP contribution in [0.3, 0.4) is 0 Å². The molecule has 55 heavy (non-hydrogen) atoms. The van der Waals surface area contributed by atoms with Crippen LogP contribution in [0.1, 0.15) is 181 Å². The molecule has 9 nitrogen and oxygen atoms in total. The van der Waals surface area contributed by atoms with E-state index in [9.17, 15) is 30.3 Å². The molecule has 1 fully saturated rings. The molecule has 1 aliphatic heterocycles. The number of aliphatic hydroxyl groups is 5. The van der Waals surface area contributed by atoms with Crippen LogP contribution >= 0.6 is 0 Å². The van der Waals surface area contributed by atoms with Gasteiger partial charge in [0, 0.05) is 6.42 Å². The molecule has 0 bridgehead atoms. The summed E-state index contributed by atoms with van der Waals surface area (Å²) < 4.78 is 11.2. The lowest BCUT2D eigenvalue weighted by molar-refractivity contribution is -0.302. The lowest BCUT2D eigenvalue weighted by Crippen LogP contribution is -2.60. The number of hydrogen-bond acceptors (Lipinski definition) is 8. The molecule has 1 saturated heterocycles. The molecule has 0 saturated carbocycles. The van der Waals surface area contributed by atoms with Crippen molar-refractivity contribution in [3.63, 3.8) is 0 Å². The zero-order valence-corrected chi connectivity index (χ0v) is 34.9. The van der Waals surface area contributed by atoms with Crippen molar-refractivity contribution >= 4 is 5.91 Å². The lowest BCUT2D eigenvalue weighted by Gasteiger charge is -2.40. The molecule has 0 spiro atoms. The largest absolute Gasteiger partial charge is 0.394 e. The number of hydrogen-bond donors (Lipinski definition) is 6. The third kappa shape index (κ3) is 27.4. The Kier molecular flexibility index (Phi) is 33.9. The van der Waals surface area contributed by atoms with E-state index in [2.05, 4.69) is 55.6 Å². The molecule has 7 atom stereocenters. The van der Waals surface area contributed by atoms with Gasteiger partial charge < -0.3 is 40.3 Å². The van der Waals surface area contributed by atoms with Crippen molar-refractivity contribution < 1.29 is 39.8 Å². The fraction of sp³-hybridized carbons (Fsp3) is 0.804. The van der Waals surface area contributed by atoms with Crippen molar-refractivity contribution in [1.82, 2.24) is 5.32 Å². The summed E-state index contributed by atoms with van der Waals surface area (Å²) in [7, 11) is 0. The van der Waals surface area contributed by atoms with Crippen molar-refractivity contribution in [3.05, 3.63) is 48.6 Å². The van der Waals surface area contributed by atoms with Crippen molar-refractivity contribution in [1.29, 1.82) is 0 Å². The Balaban J connectivity index is 2.43. The van der Waals surface area contributed by atoms with Gasteiger partial charge in [0.05, 0.1) is 25.4 Å². The molecule has 0 aliphatic carbocycles. The van der Waals surface area contributed by atoms with Crippen molar-refractivity contribution in [2.45, 2.75) is 224 Å². The molecular weight excluding hydrogens is 695 g/mol. The van der Waals surface area contributed by atoms with Gasteiger partial charge in [-0.1, -0.05) is 152 Å². The van der Waals surface area contributed by atoms with Crippen LogP contribution in [-0.2, 0) is 14.3 Å². The number of rotatable bonds is 36. The second kappa shape index (κ2) is 36.5. The van der Waals surface area contributed by atoms with Gasteiger partial charge in [-0.05, 0) is 70.6 Å². The maximum atomic E-state index is 12.9. The second-order valence-corrected chi connectivity index (χ2v) is 15.5. The van der Waals surface area contributed by atoms with Gasteiger partial charge in [0.2, 0.25) is 5.91 Å². The first-order valence-electron chi connectivity index (χ1n) is 22.4. The number of aliphatic hydroxyl groups excluding tert-OH is 5. The molecule has 1 amide bonds. The molecule has 0 radical (unpaired) electrons. The quantitative estimate of drug-likeness (QED) is 0.0273. The van der Waals surface area contributed by atoms with Gasteiger partial charge >= 0.3 is 0 Å². The molecule has 9 heteroatoms. The SMILES string of the molecule is CCCCCCCC/C=C/CC/C=C/CC/C=C/C(O)C(COC1OC(CO)C(O)C(O)C1O)NC(=O)CCCCCCC/C=C\CCCCCCCCC. The summed E-state index contributed by atoms with van der Waals surface area (Å²) in [5.41, 5.74) is 0. The molecule has 1 rings (SSSR count). The summed E-state index contributed by atoms with van der Waals surface area (Å²) >= 11 is 0. The minimum absolute atomic E-state index is 0.202. The highest BCUT2D eigenvalue weighted by atomic mass is 16.7. The number of nitrogens with one attached hydrogen (secondary N) is 1. The predicted octanol–water partition coefficient (Wildman–Crippen LogP) is 9.06. The topological polar surface area (TPSA) is 149 Å². The molecule has 1 heterocycles. The van der Waals surface area contributed by atoms with Crippen LogP contribution in [0.25, 0.3) is 0 Å². The number of allylic oxidation sites excluding steroid dienone is 7. The third-order valence-corrected chi connectivity index (χ3v) is 10.4. The van der Waals surface area contributed by atoms with E-state index in [1.165, 1.54) is 89.9 Å². The van der Waals surface area contributed by atoms with Crippen LogP contribution < -0.4 is 5.32 Å². The highest BCUT2D eigenvalue weighted by Crippen LogP contribution is 2.22. The number of amides is 1. The van der Waals surface area contributed by atoms with Gasteiger partial charge in [-0.2, -0.15) is 0 Å². The maximum absolute atomic E-state index is 12.9. The highest BCUT2D eigenvalue weighted by Gasteiger charge is 2.44. The van der Waals surface area contributed by atoms with Gasteiger partial charge in [-0.25, -0.2) is 0 Å². The maximum Gasteiger partial charge on any atom is 0.220 e. The Morgan fingerprint density at radius 1 is 0.600 bits per heavy atom. The van der Waals surface area contributed by atoms with Crippen LogP contribution in [0.5, 0.6) is 0 Å². The summed E-state index contributed by atoms with van der Waals surface area (Å²) in [6.07, 6.45) is 38.6. The number of unbranched alkanes of at least 4 members (excludes halogenated alkanes) is 20. The van der Waals surface area contributed by atoms with Gasteiger partial charge in [0.15, 0.2) is 6.29 Å². The van der Waals surface area contributed by atoms with Crippen molar-refractivity contribution in [3.8, 4) is 0 Å². The van der Waals surface area contributed by atoms with E-state index >= 15 is 0 Å². The molecule has 6 N–H and O–H groups in total. The molecule has 0 aromatic carbocycles. The lowest BCUT2D eigenvalue weighted by atomic mass is 9.99. The van der Waals surface area contributed by atoms with Gasteiger partial charge in [-0.15, -0.1) is 0 Å². The van der Waals surface area contributed by atoms with E-state index in [4.69, 9.17) is 9.47 Å². The summed E-state index contributed by atoms with van der Waals surface area (Å²) in [6, 6.07) is -0.831.